The highest BCUT2D eigenvalue weighted by Gasteiger charge is 2.31. The van der Waals surface area contributed by atoms with Gasteiger partial charge in [0.15, 0.2) is 0 Å². The van der Waals surface area contributed by atoms with E-state index in [1.807, 2.05) is 12.3 Å². The molecule has 1 aliphatic heterocycles. The molecule has 0 fully saturated rings. The summed E-state index contributed by atoms with van der Waals surface area (Å²) in [6, 6.07) is 63.1. The fourth-order valence-electron chi connectivity index (χ4n) is 8.70. The number of anilines is 4. The molecule has 3 heterocycles. The average molecular weight is 795 g/mol. The summed E-state index contributed by atoms with van der Waals surface area (Å²) in [6.45, 7) is 14.2. The number of nitrogens with zero attached hydrogens (tertiary/aromatic N) is 4. The van der Waals surface area contributed by atoms with Crippen LogP contribution in [0.15, 0.2) is 182 Å². The van der Waals surface area contributed by atoms with Gasteiger partial charge in [0.2, 0.25) is 0 Å². The molecular weight excluding hydrogens is 745 g/mol. The lowest BCUT2D eigenvalue weighted by molar-refractivity contribution is 0.483. The molecule has 0 aliphatic carbocycles. The Morgan fingerprint density at radius 3 is 1.92 bits per heavy atom. The van der Waals surface area contributed by atoms with Crippen LogP contribution in [0.4, 0.5) is 22.7 Å². The third-order valence-electron chi connectivity index (χ3n) is 12.0. The molecule has 7 aromatic carbocycles. The van der Waals surface area contributed by atoms with Crippen molar-refractivity contribution in [2.75, 3.05) is 16.5 Å². The van der Waals surface area contributed by atoms with Crippen LogP contribution < -0.4 is 14.5 Å². The van der Waals surface area contributed by atoms with Gasteiger partial charge in [-0.15, -0.1) is 0 Å². The summed E-state index contributed by atoms with van der Waals surface area (Å²) < 4.78 is 9.05. The molecule has 0 unspecified atom stereocenters. The number of para-hydroxylation sites is 1. The first-order valence-corrected chi connectivity index (χ1v) is 21.2. The summed E-state index contributed by atoms with van der Waals surface area (Å²) in [7, 11) is 0. The minimum atomic E-state index is -0.0197. The highest BCUT2D eigenvalue weighted by Crippen LogP contribution is 2.49. The van der Waals surface area contributed by atoms with Crippen molar-refractivity contribution in [2.24, 2.45) is 0 Å². The number of ether oxygens (including phenoxy) is 1. The van der Waals surface area contributed by atoms with E-state index in [2.05, 4.69) is 226 Å². The van der Waals surface area contributed by atoms with E-state index in [-0.39, 0.29) is 10.8 Å². The highest BCUT2D eigenvalue weighted by molar-refractivity contribution is 6.09. The number of benzene rings is 7. The van der Waals surface area contributed by atoms with Crippen LogP contribution in [-0.2, 0) is 10.8 Å². The molecule has 0 saturated heterocycles. The van der Waals surface area contributed by atoms with Crippen LogP contribution in [0.25, 0.3) is 49.9 Å². The van der Waals surface area contributed by atoms with Gasteiger partial charge in [0.1, 0.15) is 24.0 Å². The van der Waals surface area contributed by atoms with E-state index in [9.17, 15) is 0 Å². The predicted octanol–water partition coefficient (Wildman–Crippen LogP) is 15.1. The normalized spacial score (nSPS) is 13.0. The average Bonchev–Trinajstić information content (AvgIpc) is 3.82. The fraction of sp³-hybridized carbons (Fsp3) is 0.161. The number of hydrogen-bond acceptors (Lipinski definition) is 4. The Morgan fingerprint density at radius 1 is 0.459 bits per heavy atom. The maximum atomic E-state index is 6.78. The first kappa shape index (κ1) is 38.1. The van der Waals surface area contributed by atoms with Gasteiger partial charge in [-0.1, -0.05) is 145 Å². The molecule has 10 rings (SSSR count). The lowest BCUT2D eigenvalue weighted by Gasteiger charge is -2.28. The van der Waals surface area contributed by atoms with Gasteiger partial charge in [-0.25, -0.2) is 4.98 Å². The first-order chi connectivity index (χ1) is 29.5. The van der Waals surface area contributed by atoms with Gasteiger partial charge >= 0.3 is 0 Å². The Hall–Kier alpha value is -7.11. The zero-order chi connectivity index (χ0) is 41.9. The van der Waals surface area contributed by atoms with Crippen LogP contribution in [0, 0.1) is 0 Å². The van der Waals surface area contributed by atoms with Gasteiger partial charge in [0.25, 0.3) is 0 Å². The monoisotopic (exact) mass is 794 g/mol. The highest BCUT2D eigenvalue weighted by atomic mass is 16.5. The van der Waals surface area contributed by atoms with Crippen molar-refractivity contribution in [2.45, 2.75) is 52.4 Å². The van der Waals surface area contributed by atoms with Gasteiger partial charge in [0, 0.05) is 40.4 Å². The first-order valence-electron chi connectivity index (χ1n) is 21.2. The van der Waals surface area contributed by atoms with Gasteiger partial charge in [0.05, 0.1) is 28.1 Å². The zero-order valence-electron chi connectivity index (χ0n) is 35.7. The molecule has 2 aromatic heterocycles. The third kappa shape index (κ3) is 7.10. The molecule has 0 spiro atoms. The summed E-state index contributed by atoms with van der Waals surface area (Å²) in [4.78, 5) is 9.78. The largest absolute Gasteiger partial charge is 0.457 e. The summed E-state index contributed by atoms with van der Waals surface area (Å²) in [5, 5.41) is 2.35. The number of rotatable bonds is 7. The van der Waals surface area contributed by atoms with E-state index >= 15 is 0 Å². The molecule has 0 N–H and O–H groups in total. The Morgan fingerprint density at radius 2 is 1.15 bits per heavy atom. The molecule has 5 heteroatoms. The Kier molecular flexibility index (Phi) is 9.29. The summed E-state index contributed by atoms with van der Waals surface area (Å²) in [5.41, 5.74) is 14.0. The molecule has 1 aliphatic rings. The number of hydrogen-bond donors (Lipinski definition) is 0. The molecule has 300 valence electrons. The lowest BCUT2D eigenvalue weighted by atomic mass is 9.85. The zero-order valence-corrected chi connectivity index (χ0v) is 35.7. The van der Waals surface area contributed by atoms with Gasteiger partial charge in [-0.3, -0.25) is 4.57 Å². The summed E-state index contributed by atoms with van der Waals surface area (Å²) >= 11 is 0. The molecule has 0 atom stereocenters. The van der Waals surface area contributed by atoms with Gasteiger partial charge in [-0.05, 0) is 99.3 Å². The molecule has 0 bridgehead atoms. The Balaban J connectivity index is 1.06. The third-order valence-corrected chi connectivity index (χ3v) is 12.0. The molecule has 9 aromatic rings. The second kappa shape index (κ2) is 14.9. The van der Waals surface area contributed by atoms with Gasteiger partial charge < -0.3 is 14.5 Å². The molecule has 0 amide bonds. The fourth-order valence-corrected chi connectivity index (χ4v) is 8.70. The van der Waals surface area contributed by atoms with E-state index in [4.69, 9.17) is 9.72 Å². The van der Waals surface area contributed by atoms with Crippen LogP contribution in [0.2, 0.25) is 0 Å². The topological polar surface area (TPSA) is 33.5 Å². The Bertz CT molecular complexity index is 3060. The van der Waals surface area contributed by atoms with Crippen LogP contribution in [0.1, 0.15) is 52.7 Å². The smallest absolute Gasteiger partial charge is 0.137 e. The van der Waals surface area contributed by atoms with Crippen molar-refractivity contribution in [3.63, 3.8) is 0 Å². The maximum Gasteiger partial charge on any atom is 0.137 e. The van der Waals surface area contributed by atoms with E-state index in [1.54, 1.807) is 0 Å². The van der Waals surface area contributed by atoms with Crippen LogP contribution >= 0.6 is 0 Å². The minimum absolute atomic E-state index is 0.00649. The van der Waals surface area contributed by atoms with Crippen molar-refractivity contribution in [1.29, 1.82) is 0 Å². The van der Waals surface area contributed by atoms with Crippen molar-refractivity contribution < 1.29 is 4.74 Å². The van der Waals surface area contributed by atoms with Crippen molar-refractivity contribution in [3.05, 3.63) is 193 Å². The molecule has 0 radical (unpaired) electrons. The van der Waals surface area contributed by atoms with Crippen LogP contribution in [0.5, 0.6) is 11.5 Å². The SMILES string of the molecule is CC(C)(C)c1ccnc(-n2c3ccccc3c3ccc(Oc4cccc(N5CN(c6cc(C(C)(C)C)ccc6-c6ccccc6)c6cc(-c7ccccc7)ccc65)c4)cc32)c1. The molecule has 5 nitrogen and oxygen atoms in total. The van der Waals surface area contributed by atoms with E-state index in [1.165, 1.54) is 50.1 Å². The van der Waals surface area contributed by atoms with Crippen molar-refractivity contribution in [3.8, 4) is 39.6 Å². The summed E-state index contributed by atoms with van der Waals surface area (Å²) in [6.07, 6.45) is 1.92. The maximum absolute atomic E-state index is 6.78. The van der Waals surface area contributed by atoms with Crippen LogP contribution in [0.3, 0.4) is 0 Å². The number of aromatic nitrogens is 2. The molecule has 0 saturated carbocycles. The second-order valence-electron chi connectivity index (χ2n) is 18.2. The summed E-state index contributed by atoms with van der Waals surface area (Å²) in [5.74, 6) is 2.44. The van der Waals surface area contributed by atoms with E-state index in [0.29, 0.717) is 6.67 Å². The van der Waals surface area contributed by atoms with E-state index in [0.717, 1.165) is 45.1 Å². The number of pyridine rings is 1. The van der Waals surface area contributed by atoms with Crippen LogP contribution in [-0.4, -0.2) is 16.2 Å². The molecular formula is C56H50N4O. The molecule has 61 heavy (non-hydrogen) atoms. The standard InChI is InChI=1S/C56H50N4O/c1-55(2,3)41-25-27-46(39-18-11-8-12-19-39)51(33-41)59-37-58(50-29-24-40(32-53(50)59)38-16-9-7-10-17-38)43-20-15-21-44(35-43)61-45-26-28-48-47-22-13-14-23-49(47)60(52(48)36-45)54-34-42(30-31-57-54)56(4,5)6/h7-36H,37H2,1-6H3. The quantitative estimate of drug-likeness (QED) is 0.161. The number of fused-ring (bicyclic) bond motifs is 4. The van der Waals surface area contributed by atoms with Crippen molar-refractivity contribution in [1.82, 2.24) is 9.55 Å². The van der Waals surface area contributed by atoms with E-state index < -0.39 is 0 Å². The predicted molar refractivity (Wildman–Crippen MR) is 255 cm³/mol. The van der Waals surface area contributed by atoms with Crippen molar-refractivity contribution >= 4 is 44.6 Å². The minimum Gasteiger partial charge on any atom is -0.457 e. The van der Waals surface area contributed by atoms with Gasteiger partial charge in [-0.2, -0.15) is 0 Å². The second-order valence-corrected chi connectivity index (χ2v) is 18.2. The lowest BCUT2D eigenvalue weighted by Crippen LogP contribution is -2.25. The Labute approximate surface area is 359 Å².